The number of ether oxygens (including phenoxy) is 1. The summed E-state index contributed by atoms with van der Waals surface area (Å²) in [6.45, 7) is 2.61. The molecule has 6 heteroatoms. The van der Waals surface area contributed by atoms with Crippen LogP contribution in [0.15, 0.2) is 87.8 Å². The zero-order valence-corrected chi connectivity index (χ0v) is 18.8. The third kappa shape index (κ3) is 5.55. The van der Waals surface area contributed by atoms with Crippen LogP contribution in [0.25, 0.3) is 11.3 Å². The summed E-state index contributed by atoms with van der Waals surface area (Å²) < 4.78 is 6.89. The monoisotopic (exact) mass is 477 g/mol. The first kappa shape index (κ1) is 20.3. The molecule has 0 bridgehead atoms. The molecule has 0 aliphatic heterocycles. The molecule has 0 aliphatic carbocycles. The molecular formula is C24H20BrN3OS. The fraction of sp³-hybridized carbons (Fsp3) is 0.0833. The van der Waals surface area contributed by atoms with Crippen molar-refractivity contribution in [2.75, 3.05) is 5.43 Å². The number of nitrogens with zero attached hydrogens (tertiary/aromatic N) is 2. The van der Waals surface area contributed by atoms with Crippen LogP contribution in [-0.4, -0.2) is 11.2 Å². The van der Waals surface area contributed by atoms with E-state index in [9.17, 15) is 0 Å². The summed E-state index contributed by atoms with van der Waals surface area (Å²) in [4.78, 5) is 4.58. The molecule has 0 saturated carbocycles. The van der Waals surface area contributed by atoms with Crippen LogP contribution in [0, 0.1) is 6.92 Å². The summed E-state index contributed by atoms with van der Waals surface area (Å²) in [5, 5.41) is 7.08. The van der Waals surface area contributed by atoms with Gasteiger partial charge in [0.2, 0.25) is 5.13 Å². The number of hydrogen-bond acceptors (Lipinski definition) is 5. The van der Waals surface area contributed by atoms with Crippen LogP contribution in [-0.2, 0) is 6.61 Å². The SMILES string of the molecule is Cc1ccc(-c2csc(N/N=C/c3ccc(OCc4ccc(Br)cc4)cc3)n2)cc1. The smallest absolute Gasteiger partial charge is 0.203 e. The van der Waals surface area contributed by atoms with Crippen molar-refractivity contribution in [1.29, 1.82) is 0 Å². The Morgan fingerprint density at radius 3 is 2.47 bits per heavy atom. The molecule has 3 aromatic carbocycles. The third-order valence-corrected chi connectivity index (χ3v) is 5.70. The van der Waals surface area contributed by atoms with Crippen molar-refractivity contribution >= 4 is 38.6 Å². The molecule has 0 unspecified atom stereocenters. The topological polar surface area (TPSA) is 46.5 Å². The normalized spacial score (nSPS) is 11.0. The highest BCUT2D eigenvalue weighted by Gasteiger charge is 2.03. The van der Waals surface area contributed by atoms with Crippen molar-refractivity contribution < 1.29 is 4.74 Å². The predicted octanol–water partition coefficient (Wildman–Crippen LogP) is 6.91. The van der Waals surface area contributed by atoms with Gasteiger partial charge in [0.25, 0.3) is 0 Å². The molecule has 0 radical (unpaired) electrons. The van der Waals surface area contributed by atoms with E-state index in [2.05, 4.69) is 62.6 Å². The van der Waals surface area contributed by atoms with E-state index in [4.69, 9.17) is 4.74 Å². The van der Waals surface area contributed by atoms with Crippen molar-refractivity contribution in [3.05, 3.63) is 99.3 Å². The highest BCUT2D eigenvalue weighted by atomic mass is 79.9. The first-order chi connectivity index (χ1) is 14.7. The van der Waals surface area contributed by atoms with E-state index >= 15 is 0 Å². The van der Waals surface area contributed by atoms with E-state index in [1.807, 2.05) is 53.9 Å². The lowest BCUT2D eigenvalue weighted by Crippen LogP contribution is -1.95. The predicted molar refractivity (Wildman–Crippen MR) is 128 cm³/mol. The van der Waals surface area contributed by atoms with E-state index in [1.165, 1.54) is 16.9 Å². The van der Waals surface area contributed by atoms with E-state index in [0.717, 1.165) is 37.7 Å². The van der Waals surface area contributed by atoms with Gasteiger partial charge in [-0.1, -0.05) is 57.9 Å². The van der Waals surface area contributed by atoms with Crippen molar-refractivity contribution in [2.24, 2.45) is 5.10 Å². The van der Waals surface area contributed by atoms with Crippen LogP contribution in [0.5, 0.6) is 5.75 Å². The number of rotatable bonds is 7. The Kier molecular flexibility index (Phi) is 6.57. The number of benzene rings is 3. The number of anilines is 1. The standard InChI is InChI=1S/C24H20BrN3OS/c1-17-2-8-20(9-3-17)23-16-30-24(27-23)28-26-14-18-6-12-22(13-7-18)29-15-19-4-10-21(25)11-5-19/h2-14,16H,15H2,1H3,(H,27,28)/b26-14+. The van der Waals surface area contributed by atoms with E-state index in [1.54, 1.807) is 6.21 Å². The van der Waals surface area contributed by atoms with E-state index in [-0.39, 0.29) is 0 Å². The van der Waals surface area contributed by atoms with Gasteiger partial charge in [-0.15, -0.1) is 11.3 Å². The lowest BCUT2D eigenvalue weighted by atomic mass is 10.1. The molecule has 30 heavy (non-hydrogen) atoms. The Morgan fingerprint density at radius 2 is 1.73 bits per heavy atom. The van der Waals surface area contributed by atoms with Crippen molar-refractivity contribution in [1.82, 2.24) is 4.98 Å². The Morgan fingerprint density at radius 1 is 1.00 bits per heavy atom. The van der Waals surface area contributed by atoms with Crippen LogP contribution >= 0.6 is 27.3 Å². The zero-order valence-electron chi connectivity index (χ0n) is 16.4. The van der Waals surface area contributed by atoms with Gasteiger partial charge in [-0.05, 0) is 54.4 Å². The van der Waals surface area contributed by atoms with Gasteiger partial charge < -0.3 is 4.74 Å². The van der Waals surface area contributed by atoms with E-state index in [0.29, 0.717) is 6.61 Å². The van der Waals surface area contributed by atoms with Crippen molar-refractivity contribution in [3.8, 4) is 17.0 Å². The molecular weight excluding hydrogens is 458 g/mol. The Hall–Kier alpha value is -2.96. The minimum atomic E-state index is 0.537. The average molecular weight is 478 g/mol. The Labute approximate surface area is 188 Å². The van der Waals surface area contributed by atoms with Gasteiger partial charge >= 0.3 is 0 Å². The summed E-state index contributed by atoms with van der Waals surface area (Å²) >= 11 is 4.97. The van der Waals surface area contributed by atoms with Crippen LogP contribution in [0.4, 0.5) is 5.13 Å². The molecule has 1 N–H and O–H groups in total. The highest BCUT2D eigenvalue weighted by molar-refractivity contribution is 9.10. The molecule has 0 spiro atoms. The number of thiazole rings is 1. The maximum atomic E-state index is 5.83. The number of aromatic nitrogens is 1. The Bertz CT molecular complexity index is 1120. The van der Waals surface area contributed by atoms with Gasteiger partial charge in [0, 0.05) is 15.4 Å². The maximum absolute atomic E-state index is 5.83. The van der Waals surface area contributed by atoms with Crippen LogP contribution in [0.2, 0.25) is 0 Å². The summed E-state index contributed by atoms with van der Waals surface area (Å²) in [6, 6.07) is 24.3. The molecule has 4 nitrogen and oxygen atoms in total. The third-order valence-electron chi connectivity index (χ3n) is 4.42. The Balaban J connectivity index is 1.30. The fourth-order valence-electron chi connectivity index (χ4n) is 2.74. The molecule has 0 atom stereocenters. The van der Waals surface area contributed by atoms with Crippen molar-refractivity contribution in [3.63, 3.8) is 0 Å². The first-order valence-corrected chi connectivity index (χ1v) is 11.1. The van der Waals surface area contributed by atoms with Crippen LogP contribution in [0.1, 0.15) is 16.7 Å². The van der Waals surface area contributed by atoms with Crippen LogP contribution in [0.3, 0.4) is 0 Å². The molecule has 0 aliphatic rings. The zero-order chi connectivity index (χ0) is 20.8. The summed E-state index contributed by atoms with van der Waals surface area (Å²) in [5.41, 5.74) is 8.40. The number of hydrogen-bond donors (Lipinski definition) is 1. The lowest BCUT2D eigenvalue weighted by molar-refractivity contribution is 0.306. The number of aryl methyl sites for hydroxylation is 1. The molecule has 150 valence electrons. The van der Waals surface area contributed by atoms with Gasteiger partial charge in [0.1, 0.15) is 12.4 Å². The summed E-state index contributed by atoms with van der Waals surface area (Å²) in [7, 11) is 0. The fourth-order valence-corrected chi connectivity index (χ4v) is 3.67. The second-order valence-electron chi connectivity index (χ2n) is 6.76. The lowest BCUT2D eigenvalue weighted by Gasteiger charge is -2.06. The minimum absolute atomic E-state index is 0.537. The maximum Gasteiger partial charge on any atom is 0.203 e. The van der Waals surface area contributed by atoms with Crippen LogP contribution < -0.4 is 10.2 Å². The number of halogens is 1. The second-order valence-corrected chi connectivity index (χ2v) is 8.53. The number of hydrazone groups is 1. The van der Waals surface area contributed by atoms with Gasteiger partial charge in [0.05, 0.1) is 11.9 Å². The quantitative estimate of drug-likeness (QED) is 0.232. The second kappa shape index (κ2) is 9.69. The molecule has 1 heterocycles. The van der Waals surface area contributed by atoms with Gasteiger partial charge in [-0.2, -0.15) is 5.10 Å². The number of nitrogens with one attached hydrogen (secondary N) is 1. The molecule has 0 amide bonds. The largest absolute Gasteiger partial charge is 0.489 e. The molecule has 0 saturated heterocycles. The highest BCUT2D eigenvalue weighted by Crippen LogP contribution is 2.25. The average Bonchev–Trinajstić information content (AvgIpc) is 3.24. The minimum Gasteiger partial charge on any atom is -0.489 e. The van der Waals surface area contributed by atoms with Crippen molar-refractivity contribution in [2.45, 2.75) is 13.5 Å². The molecule has 1 aromatic heterocycles. The molecule has 4 rings (SSSR count). The summed E-state index contributed by atoms with van der Waals surface area (Å²) in [5.74, 6) is 0.825. The van der Waals surface area contributed by atoms with Gasteiger partial charge in [-0.25, -0.2) is 4.98 Å². The summed E-state index contributed by atoms with van der Waals surface area (Å²) in [6.07, 6.45) is 1.77. The van der Waals surface area contributed by atoms with E-state index < -0.39 is 0 Å². The first-order valence-electron chi connectivity index (χ1n) is 9.45. The molecule has 4 aromatic rings. The van der Waals surface area contributed by atoms with Gasteiger partial charge in [-0.3, -0.25) is 5.43 Å². The van der Waals surface area contributed by atoms with Gasteiger partial charge in [0.15, 0.2) is 0 Å². The molecule has 0 fully saturated rings.